The second-order valence-corrected chi connectivity index (χ2v) is 17.9. The van der Waals surface area contributed by atoms with Crippen molar-refractivity contribution in [1.29, 1.82) is 0 Å². The fourth-order valence-corrected chi connectivity index (χ4v) is 6.56. The van der Waals surface area contributed by atoms with Gasteiger partial charge in [0.1, 0.15) is 48.3 Å². The van der Waals surface area contributed by atoms with Gasteiger partial charge in [-0.05, 0) is 57.8 Å². The monoisotopic (exact) mass is 981 g/mol. The number of aliphatic hydroxyl groups is 1. The van der Waals surface area contributed by atoms with E-state index in [1.165, 1.54) is 33.3 Å². The third-order valence-corrected chi connectivity index (χ3v) is 10.7. The number of aliphatic hydroxyl groups excluding tert-OH is 1. The van der Waals surface area contributed by atoms with Gasteiger partial charge < -0.3 is 74.3 Å². The second-order valence-electron chi connectivity index (χ2n) is 17.9. The molecule has 0 spiro atoms. The highest BCUT2D eigenvalue weighted by Gasteiger charge is 2.37. The standard InChI is InChI=1S/C43H72N12O14/c1-10-21(6)33(41(66)52-28(13-19(2)3)40(65)55-34(24(9)56)42(67)53-30(43(68)69)14-20(4)5)54-38(63)27(11-12-32(58)59)50-36(61)23(8)48-35(60)22(7)49-39(64)29(15-25-17-46-18-47-25)51-37(62)26(44)16-31(45)57/h17-24,26-30,33-34,56H,10-16,44H2,1-9H3,(H2,45,57)(H,46,47)(H,48,60)(H,49,64)(H,50,61)(H,51,62)(H,52,66)(H,53,67)(H,54,63)(H,55,65)(H,58,59)(H,68,69)/t21-,22-,23-,24+,26-,27-,28-,29-,30-,33-,34-/m0/s1. The SMILES string of the molecule is CC[C@H](C)[C@H](NC(=O)[C@H](CCC(=O)O)NC(=O)[C@H](C)NC(=O)[C@H](C)NC(=O)[C@H](Cc1cnc[nH]1)NC(=O)[C@@H](N)CC(N)=O)C(=O)N[C@@H](CC(C)C)C(=O)N[C@H](C(=O)N[C@@H](CC(C)C)C(=O)O)[C@@H](C)O. The molecule has 0 aliphatic carbocycles. The van der Waals surface area contributed by atoms with Crippen molar-refractivity contribution < 1.29 is 68.1 Å². The number of carbonyl (C=O) groups excluding carboxylic acids is 9. The molecule has 1 rings (SSSR count). The molecule has 1 heterocycles. The Morgan fingerprint density at radius 3 is 1.57 bits per heavy atom. The zero-order valence-electron chi connectivity index (χ0n) is 40.5. The molecule has 1 aromatic heterocycles. The Labute approximate surface area is 400 Å². The highest BCUT2D eigenvalue weighted by atomic mass is 16.4. The largest absolute Gasteiger partial charge is 0.481 e. The van der Waals surface area contributed by atoms with E-state index in [2.05, 4.69) is 52.5 Å². The third kappa shape index (κ3) is 21.9. The first-order chi connectivity index (χ1) is 32.1. The molecule has 0 bridgehead atoms. The predicted octanol–water partition coefficient (Wildman–Crippen LogP) is -3.46. The second kappa shape index (κ2) is 29.2. The molecule has 26 nitrogen and oxygen atoms in total. The molecule has 16 N–H and O–H groups in total. The zero-order chi connectivity index (χ0) is 52.9. The Morgan fingerprint density at radius 2 is 1.07 bits per heavy atom. The molecule has 0 fully saturated rings. The van der Waals surface area contributed by atoms with Gasteiger partial charge in [-0.3, -0.25) is 47.9 Å². The quantitative estimate of drug-likeness (QED) is 0.0344. The number of carboxylic acids is 2. The lowest BCUT2D eigenvalue weighted by Gasteiger charge is -2.30. The molecule has 1 aromatic rings. The Morgan fingerprint density at radius 1 is 0.609 bits per heavy atom. The highest BCUT2D eigenvalue weighted by Crippen LogP contribution is 2.13. The minimum absolute atomic E-state index is 0.0106. The van der Waals surface area contributed by atoms with E-state index in [-0.39, 0.29) is 31.1 Å². The molecular formula is C43H72N12O14. The van der Waals surface area contributed by atoms with Gasteiger partial charge in [0.15, 0.2) is 0 Å². The molecule has 11 atom stereocenters. The van der Waals surface area contributed by atoms with E-state index in [4.69, 9.17) is 11.5 Å². The molecule has 0 aliphatic rings. The van der Waals surface area contributed by atoms with E-state index in [0.717, 1.165) is 0 Å². The number of aromatic nitrogens is 2. The highest BCUT2D eigenvalue weighted by molar-refractivity contribution is 5.98. The maximum Gasteiger partial charge on any atom is 0.326 e. The Hall–Kier alpha value is -6.70. The van der Waals surface area contributed by atoms with Crippen molar-refractivity contribution in [2.45, 2.75) is 168 Å². The first-order valence-electron chi connectivity index (χ1n) is 22.6. The van der Waals surface area contributed by atoms with E-state index < -0.39 is 151 Å². The molecule has 0 radical (unpaired) electrons. The smallest absolute Gasteiger partial charge is 0.326 e. The molecule has 69 heavy (non-hydrogen) atoms. The van der Waals surface area contributed by atoms with E-state index in [1.807, 2.05) is 0 Å². The topological polar surface area (TPSA) is 425 Å². The van der Waals surface area contributed by atoms with Crippen LogP contribution in [-0.2, 0) is 59.2 Å². The maximum absolute atomic E-state index is 14.0. The van der Waals surface area contributed by atoms with Crippen molar-refractivity contribution in [2.24, 2.45) is 29.2 Å². The molecule has 388 valence electrons. The lowest BCUT2D eigenvalue weighted by Crippen LogP contribution is -2.62. The summed E-state index contributed by atoms with van der Waals surface area (Å²) >= 11 is 0. The van der Waals surface area contributed by atoms with Gasteiger partial charge in [0.2, 0.25) is 53.2 Å². The number of nitrogens with two attached hydrogens (primary N) is 2. The average molecular weight is 981 g/mol. The fourth-order valence-electron chi connectivity index (χ4n) is 6.56. The van der Waals surface area contributed by atoms with E-state index >= 15 is 0 Å². The third-order valence-electron chi connectivity index (χ3n) is 10.7. The number of amides is 9. The van der Waals surface area contributed by atoms with Gasteiger partial charge in [-0.15, -0.1) is 0 Å². The van der Waals surface area contributed by atoms with Gasteiger partial charge in [0, 0.05) is 24.7 Å². The number of imidazole rings is 1. The normalized spacial score (nSPS) is 16.0. The molecule has 0 unspecified atom stereocenters. The van der Waals surface area contributed by atoms with Crippen LogP contribution in [0.4, 0.5) is 0 Å². The maximum atomic E-state index is 14.0. The number of carboxylic acid groups (broad SMARTS) is 2. The van der Waals surface area contributed by atoms with Crippen molar-refractivity contribution >= 4 is 65.1 Å². The molecule has 0 saturated carbocycles. The Bertz CT molecular complexity index is 1950. The molecule has 9 amide bonds. The van der Waals surface area contributed by atoms with Crippen LogP contribution >= 0.6 is 0 Å². The van der Waals surface area contributed by atoms with Gasteiger partial charge in [0.25, 0.3) is 0 Å². The summed E-state index contributed by atoms with van der Waals surface area (Å²) in [7, 11) is 0. The van der Waals surface area contributed by atoms with Crippen molar-refractivity contribution in [1.82, 2.24) is 52.5 Å². The van der Waals surface area contributed by atoms with Crippen molar-refractivity contribution in [3.8, 4) is 0 Å². The number of primary amides is 1. The van der Waals surface area contributed by atoms with Crippen LogP contribution in [0.5, 0.6) is 0 Å². The summed E-state index contributed by atoms with van der Waals surface area (Å²) in [4.78, 5) is 149. The lowest BCUT2D eigenvalue weighted by molar-refractivity contribution is -0.143. The number of aliphatic carboxylic acids is 2. The Balaban J connectivity index is 3.23. The number of H-pyrrole nitrogens is 1. The number of hydrogen-bond donors (Lipinski definition) is 14. The fraction of sp³-hybridized carbons (Fsp3) is 0.674. The van der Waals surface area contributed by atoms with Crippen LogP contribution in [0.15, 0.2) is 12.5 Å². The van der Waals surface area contributed by atoms with Crippen LogP contribution in [0.2, 0.25) is 0 Å². The van der Waals surface area contributed by atoms with Crippen LogP contribution < -0.4 is 54.0 Å². The van der Waals surface area contributed by atoms with Crippen molar-refractivity contribution in [3.05, 3.63) is 18.2 Å². The summed E-state index contributed by atoms with van der Waals surface area (Å²) in [5.41, 5.74) is 11.3. The number of rotatable bonds is 31. The van der Waals surface area contributed by atoms with Crippen LogP contribution in [0.25, 0.3) is 0 Å². The molecular weight excluding hydrogens is 909 g/mol. The van der Waals surface area contributed by atoms with Crippen LogP contribution in [0.3, 0.4) is 0 Å². The predicted molar refractivity (Wildman–Crippen MR) is 245 cm³/mol. The molecule has 26 heteroatoms. The minimum atomic E-state index is -1.62. The summed E-state index contributed by atoms with van der Waals surface area (Å²) in [5, 5.41) is 49.0. The van der Waals surface area contributed by atoms with Crippen LogP contribution in [0, 0.1) is 17.8 Å². The van der Waals surface area contributed by atoms with Crippen molar-refractivity contribution in [2.75, 3.05) is 0 Å². The summed E-state index contributed by atoms with van der Waals surface area (Å²) in [6.45, 7) is 14.0. The van der Waals surface area contributed by atoms with Gasteiger partial charge >= 0.3 is 11.9 Å². The number of nitrogens with zero attached hydrogens (tertiary/aromatic N) is 1. The summed E-state index contributed by atoms with van der Waals surface area (Å²) in [5.74, 6) is -11.8. The van der Waals surface area contributed by atoms with Gasteiger partial charge in [-0.25, -0.2) is 9.78 Å². The van der Waals surface area contributed by atoms with Crippen molar-refractivity contribution in [3.63, 3.8) is 0 Å². The molecule has 0 saturated heterocycles. The zero-order valence-corrected chi connectivity index (χ0v) is 40.5. The molecule has 0 aliphatic heterocycles. The van der Waals surface area contributed by atoms with Gasteiger partial charge in [-0.2, -0.15) is 0 Å². The summed E-state index contributed by atoms with van der Waals surface area (Å²) < 4.78 is 0. The number of nitrogens with one attached hydrogen (secondary N) is 9. The van der Waals surface area contributed by atoms with E-state index in [0.29, 0.717) is 12.1 Å². The van der Waals surface area contributed by atoms with Gasteiger partial charge in [-0.1, -0.05) is 48.0 Å². The minimum Gasteiger partial charge on any atom is -0.481 e. The van der Waals surface area contributed by atoms with Crippen LogP contribution in [0.1, 0.15) is 107 Å². The number of hydrogen-bond acceptors (Lipinski definition) is 14. The summed E-state index contributed by atoms with van der Waals surface area (Å²) in [6.07, 6.45) is -0.145. The summed E-state index contributed by atoms with van der Waals surface area (Å²) in [6, 6.07) is -12.7. The first-order valence-corrected chi connectivity index (χ1v) is 22.6. The van der Waals surface area contributed by atoms with Crippen LogP contribution in [-0.4, -0.2) is 151 Å². The first kappa shape index (κ1) is 60.3. The molecule has 0 aromatic carbocycles. The van der Waals surface area contributed by atoms with Gasteiger partial charge in [0.05, 0.1) is 24.9 Å². The van der Waals surface area contributed by atoms with E-state index in [1.54, 1.807) is 41.5 Å². The Kier molecular flexibility index (Phi) is 25.6. The lowest BCUT2D eigenvalue weighted by atomic mass is 9.96. The van der Waals surface area contributed by atoms with E-state index in [9.17, 15) is 68.1 Å². The average Bonchev–Trinajstić information content (AvgIpc) is 3.76. The number of aromatic amines is 1. The number of carbonyl (C=O) groups is 11.